The number of carbonyl (C=O) groups excluding carboxylic acids is 1. The summed E-state index contributed by atoms with van der Waals surface area (Å²) >= 11 is 0. The molecule has 6 rings (SSSR count). The average Bonchev–Trinajstić information content (AvgIpc) is 3.58. The smallest absolute Gasteiger partial charge is 0.194 e. The zero-order valence-corrected chi connectivity index (χ0v) is 21.4. The van der Waals surface area contributed by atoms with Crippen molar-refractivity contribution in [1.82, 2.24) is 9.97 Å². The molecule has 2 heterocycles. The van der Waals surface area contributed by atoms with Gasteiger partial charge in [-0.2, -0.15) is 0 Å². The van der Waals surface area contributed by atoms with Crippen molar-refractivity contribution in [2.24, 2.45) is 0 Å². The van der Waals surface area contributed by atoms with Crippen LogP contribution in [0, 0.1) is 0 Å². The van der Waals surface area contributed by atoms with Gasteiger partial charge in [-0.05, 0) is 73.5 Å². The summed E-state index contributed by atoms with van der Waals surface area (Å²) in [6.07, 6.45) is 3.93. The van der Waals surface area contributed by atoms with Crippen LogP contribution in [-0.2, 0) is 0 Å². The minimum Gasteiger partial charge on any atom is -0.494 e. The van der Waals surface area contributed by atoms with Crippen LogP contribution < -0.4 is 9.47 Å². The normalized spacial score (nSPS) is 11.2. The Kier molecular flexibility index (Phi) is 6.18. The molecule has 0 radical (unpaired) electrons. The molecule has 0 saturated heterocycles. The van der Waals surface area contributed by atoms with Crippen LogP contribution in [0.15, 0.2) is 97.3 Å². The van der Waals surface area contributed by atoms with Gasteiger partial charge in [-0.1, -0.05) is 36.4 Å². The summed E-state index contributed by atoms with van der Waals surface area (Å²) < 4.78 is 11.7. The number of rotatable bonds is 8. The predicted octanol–water partition coefficient (Wildman–Crippen LogP) is 8.01. The second-order valence-electron chi connectivity index (χ2n) is 9.11. The molecule has 0 amide bonds. The average molecular weight is 501 g/mol. The first kappa shape index (κ1) is 23.6. The number of aromatic nitrogens is 2. The van der Waals surface area contributed by atoms with E-state index in [0.717, 1.165) is 55.6 Å². The van der Waals surface area contributed by atoms with Crippen molar-refractivity contribution in [3.05, 3.63) is 108 Å². The molecule has 0 aliphatic carbocycles. The number of aromatic amines is 2. The van der Waals surface area contributed by atoms with E-state index in [1.54, 1.807) is 0 Å². The number of nitrogens with one attached hydrogen (secondary N) is 2. The lowest BCUT2D eigenvalue weighted by molar-refractivity contribution is 0.104. The highest BCUT2D eigenvalue weighted by molar-refractivity contribution is 6.18. The zero-order valence-electron chi connectivity index (χ0n) is 21.4. The highest BCUT2D eigenvalue weighted by Crippen LogP contribution is 2.38. The van der Waals surface area contributed by atoms with Crippen molar-refractivity contribution in [1.29, 1.82) is 0 Å². The van der Waals surface area contributed by atoms with E-state index >= 15 is 0 Å². The maximum atomic E-state index is 14.4. The fraction of sp³-hybridized carbons (Fsp3) is 0.121. The molecule has 0 saturated carbocycles. The Morgan fingerprint density at radius 1 is 0.605 bits per heavy atom. The second-order valence-corrected chi connectivity index (χ2v) is 9.11. The fourth-order valence-corrected chi connectivity index (χ4v) is 5.14. The van der Waals surface area contributed by atoms with Gasteiger partial charge in [-0.25, -0.2) is 0 Å². The minimum atomic E-state index is -0.0586. The molecule has 4 aromatic carbocycles. The monoisotopic (exact) mass is 500 g/mol. The van der Waals surface area contributed by atoms with Crippen molar-refractivity contribution < 1.29 is 14.3 Å². The lowest BCUT2D eigenvalue weighted by Gasteiger charge is -2.15. The van der Waals surface area contributed by atoms with Crippen LogP contribution >= 0.6 is 0 Å². The van der Waals surface area contributed by atoms with Gasteiger partial charge in [0.05, 0.1) is 13.2 Å². The SMILES string of the molecule is CCOc1ccc(C(=O)c2ccc(OCC)cc2-c2c[nH]c3ccccc23)c(-c2c[nH]c3ccccc23)c1. The van der Waals surface area contributed by atoms with E-state index in [2.05, 4.69) is 22.1 Å². The molecule has 0 fully saturated rings. The Morgan fingerprint density at radius 3 is 1.50 bits per heavy atom. The topological polar surface area (TPSA) is 67.1 Å². The zero-order chi connectivity index (χ0) is 26.1. The number of ketones is 1. The lowest BCUT2D eigenvalue weighted by Crippen LogP contribution is -2.07. The number of ether oxygens (including phenoxy) is 2. The van der Waals surface area contributed by atoms with Crippen LogP contribution in [0.2, 0.25) is 0 Å². The molecule has 0 bridgehead atoms. The fourth-order valence-electron chi connectivity index (χ4n) is 5.14. The van der Waals surface area contributed by atoms with E-state index in [1.807, 2.05) is 99.0 Å². The summed E-state index contributed by atoms with van der Waals surface area (Å²) in [5, 5.41) is 2.11. The van der Waals surface area contributed by atoms with Crippen molar-refractivity contribution in [2.75, 3.05) is 13.2 Å². The Balaban J connectivity index is 1.55. The van der Waals surface area contributed by atoms with Crippen molar-refractivity contribution >= 4 is 27.6 Å². The minimum absolute atomic E-state index is 0.0586. The van der Waals surface area contributed by atoms with Gasteiger partial charge in [0.2, 0.25) is 0 Å². The number of hydrogen-bond donors (Lipinski definition) is 2. The molecule has 0 atom stereocenters. The van der Waals surface area contributed by atoms with E-state index in [-0.39, 0.29) is 5.78 Å². The van der Waals surface area contributed by atoms with Gasteiger partial charge in [0, 0.05) is 56.5 Å². The van der Waals surface area contributed by atoms with Gasteiger partial charge >= 0.3 is 0 Å². The highest BCUT2D eigenvalue weighted by atomic mass is 16.5. The number of carbonyl (C=O) groups is 1. The maximum Gasteiger partial charge on any atom is 0.194 e. The van der Waals surface area contributed by atoms with Gasteiger partial charge in [0.1, 0.15) is 11.5 Å². The Bertz CT molecular complexity index is 1650. The van der Waals surface area contributed by atoms with Crippen LogP contribution in [0.1, 0.15) is 29.8 Å². The van der Waals surface area contributed by atoms with Crippen molar-refractivity contribution in [3.8, 4) is 33.8 Å². The van der Waals surface area contributed by atoms with Crippen molar-refractivity contribution in [2.45, 2.75) is 13.8 Å². The quantitative estimate of drug-likeness (QED) is 0.208. The van der Waals surface area contributed by atoms with Gasteiger partial charge < -0.3 is 19.4 Å². The molecule has 0 unspecified atom stereocenters. The van der Waals surface area contributed by atoms with Gasteiger partial charge in [-0.3, -0.25) is 4.79 Å². The first-order valence-corrected chi connectivity index (χ1v) is 12.9. The molecule has 0 spiro atoms. The van der Waals surface area contributed by atoms with Crippen molar-refractivity contribution in [3.63, 3.8) is 0 Å². The van der Waals surface area contributed by atoms with E-state index in [9.17, 15) is 4.79 Å². The number of fused-ring (bicyclic) bond motifs is 2. The largest absolute Gasteiger partial charge is 0.494 e. The van der Waals surface area contributed by atoms with Crippen LogP contribution in [-0.4, -0.2) is 29.0 Å². The van der Waals surface area contributed by atoms with Crippen LogP contribution in [0.4, 0.5) is 0 Å². The van der Waals surface area contributed by atoms with Gasteiger partial charge in [-0.15, -0.1) is 0 Å². The van der Waals surface area contributed by atoms with E-state index in [4.69, 9.17) is 9.47 Å². The summed E-state index contributed by atoms with van der Waals surface area (Å²) in [7, 11) is 0. The van der Waals surface area contributed by atoms with E-state index in [0.29, 0.717) is 24.3 Å². The maximum absolute atomic E-state index is 14.4. The summed E-state index contributed by atoms with van der Waals surface area (Å²) in [4.78, 5) is 21.1. The first-order chi connectivity index (χ1) is 18.7. The molecule has 6 aromatic rings. The second kappa shape index (κ2) is 9.94. The van der Waals surface area contributed by atoms with Crippen LogP contribution in [0.25, 0.3) is 44.1 Å². The highest BCUT2D eigenvalue weighted by Gasteiger charge is 2.22. The summed E-state index contributed by atoms with van der Waals surface area (Å²) in [5.41, 5.74) is 6.85. The number of benzene rings is 4. The first-order valence-electron chi connectivity index (χ1n) is 12.9. The Labute approximate surface area is 221 Å². The molecular weight excluding hydrogens is 472 g/mol. The Hall–Kier alpha value is -4.77. The van der Waals surface area contributed by atoms with Crippen LogP contribution in [0.3, 0.4) is 0 Å². The molecule has 2 aromatic heterocycles. The Morgan fingerprint density at radius 2 is 1.05 bits per heavy atom. The third kappa shape index (κ3) is 4.12. The lowest BCUT2D eigenvalue weighted by atomic mass is 9.89. The van der Waals surface area contributed by atoms with Gasteiger partial charge in [0.15, 0.2) is 5.78 Å². The molecule has 2 N–H and O–H groups in total. The van der Waals surface area contributed by atoms with E-state index in [1.165, 1.54) is 0 Å². The molecule has 188 valence electrons. The molecule has 5 nitrogen and oxygen atoms in total. The molecule has 0 aliphatic rings. The molecule has 0 aliphatic heterocycles. The van der Waals surface area contributed by atoms with Gasteiger partial charge in [0.25, 0.3) is 0 Å². The standard InChI is InChI=1S/C33H28N2O3/c1-3-37-21-13-15-25(27(17-21)29-19-34-31-11-7-5-9-23(29)31)33(36)26-16-14-22(38-4-2)18-28(26)30-20-35-32-12-8-6-10-24(30)32/h5-20,34-35H,3-4H2,1-2H3. The number of hydrogen-bond acceptors (Lipinski definition) is 3. The molecule has 38 heavy (non-hydrogen) atoms. The molecule has 5 heteroatoms. The summed E-state index contributed by atoms with van der Waals surface area (Å²) in [6, 6.07) is 27.6. The third-order valence-corrected chi connectivity index (χ3v) is 6.85. The van der Waals surface area contributed by atoms with E-state index < -0.39 is 0 Å². The number of para-hydroxylation sites is 2. The predicted molar refractivity (Wildman–Crippen MR) is 153 cm³/mol. The third-order valence-electron chi connectivity index (χ3n) is 6.85. The van der Waals surface area contributed by atoms with Crippen LogP contribution in [0.5, 0.6) is 11.5 Å². The summed E-state index contributed by atoms with van der Waals surface area (Å²) in [5.74, 6) is 1.40. The summed E-state index contributed by atoms with van der Waals surface area (Å²) in [6.45, 7) is 5.00. The molecular formula is C33H28N2O3. The number of H-pyrrole nitrogens is 2.